The van der Waals surface area contributed by atoms with Gasteiger partial charge in [-0.05, 0) is 73.7 Å². The molecule has 0 atom stereocenters. The predicted molar refractivity (Wildman–Crippen MR) is 109 cm³/mol. The van der Waals surface area contributed by atoms with Gasteiger partial charge in [-0.3, -0.25) is 14.4 Å². The van der Waals surface area contributed by atoms with Crippen LogP contribution in [0.3, 0.4) is 0 Å². The van der Waals surface area contributed by atoms with E-state index in [2.05, 4.69) is 5.32 Å². The van der Waals surface area contributed by atoms with Crippen LogP contribution in [0.1, 0.15) is 47.7 Å². The topological polar surface area (TPSA) is 81.7 Å². The van der Waals surface area contributed by atoms with Gasteiger partial charge in [0.2, 0.25) is 0 Å². The van der Waals surface area contributed by atoms with Gasteiger partial charge < -0.3 is 14.8 Å². The number of hydrogen-bond donors (Lipinski definition) is 1. The molecule has 3 rings (SSSR count). The van der Waals surface area contributed by atoms with Crippen LogP contribution in [0.25, 0.3) is 0 Å². The molecule has 0 saturated heterocycles. The second kappa shape index (κ2) is 9.87. The summed E-state index contributed by atoms with van der Waals surface area (Å²) in [5.74, 6) is -0.437. The van der Waals surface area contributed by atoms with E-state index in [0.29, 0.717) is 23.6 Å². The van der Waals surface area contributed by atoms with E-state index < -0.39 is 11.9 Å². The number of nitrogens with one attached hydrogen (secondary N) is 1. The fraction of sp³-hybridized carbons (Fsp3) is 0.348. The Balaban J connectivity index is 1.39. The molecular formula is C23H25NO5. The summed E-state index contributed by atoms with van der Waals surface area (Å²) in [6, 6.07) is 12.6. The third kappa shape index (κ3) is 5.91. The molecule has 1 amide bonds. The average molecular weight is 395 g/mol. The Morgan fingerprint density at radius 3 is 2.48 bits per heavy atom. The quantitative estimate of drug-likeness (QED) is 0.517. The molecule has 6 heteroatoms. The lowest BCUT2D eigenvalue weighted by Crippen LogP contribution is -2.21. The number of ether oxygens (including phenoxy) is 2. The molecule has 0 aliphatic heterocycles. The van der Waals surface area contributed by atoms with E-state index >= 15 is 0 Å². The van der Waals surface area contributed by atoms with E-state index in [-0.39, 0.29) is 25.2 Å². The second-order valence-corrected chi connectivity index (χ2v) is 6.93. The minimum atomic E-state index is -0.576. The smallest absolute Gasteiger partial charge is 0.306 e. The van der Waals surface area contributed by atoms with Crippen molar-refractivity contribution in [3.05, 3.63) is 59.2 Å². The molecule has 0 saturated carbocycles. The van der Waals surface area contributed by atoms with Gasteiger partial charge in [0.15, 0.2) is 12.4 Å². The number of Topliss-reactive ketones (excluding diaryl/α,β-unsaturated/α-hetero) is 1. The lowest BCUT2D eigenvalue weighted by Gasteiger charge is -2.08. The maximum atomic E-state index is 12.2. The molecule has 152 valence electrons. The Bertz CT molecular complexity index is 889. The highest BCUT2D eigenvalue weighted by atomic mass is 16.5. The summed E-state index contributed by atoms with van der Waals surface area (Å²) in [5.41, 5.74) is 3.80. The Kier molecular flexibility index (Phi) is 7.00. The van der Waals surface area contributed by atoms with Crippen molar-refractivity contribution in [1.29, 1.82) is 0 Å². The zero-order valence-corrected chi connectivity index (χ0v) is 16.5. The van der Waals surface area contributed by atoms with Gasteiger partial charge in [-0.15, -0.1) is 0 Å². The number of carbonyl (C=O) groups is 3. The zero-order chi connectivity index (χ0) is 20.6. The van der Waals surface area contributed by atoms with Crippen molar-refractivity contribution in [3.63, 3.8) is 0 Å². The largest absolute Gasteiger partial charge is 0.494 e. The van der Waals surface area contributed by atoms with Crippen LogP contribution in [-0.2, 0) is 27.2 Å². The summed E-state index contributed by atoms with van der Waals surface area (Å²) in [5, 5.41) is 2.74. The van der Waals surface area contributed by atoms with Crippen LogP contribution >= 0.6 is 0 Å². The molecular weight excluding hydrogens is 370 g/mol. The Hall–Kier alpha value is -3.15. The first-order chi connectivity index (χ1) is 14.0. The Morgan fingerprint density at radius 2 is 1.72 bits per heavy atom. The summed E-state index contributed by atoms with van der Waals surface area (Å²) in [7, 11) is 0. The van der Waals surface area contributed by atoms with Gasteiger partial charge in [-0.1, -0.05) is 6.07 Å². The van der Waals surface area contributed by atoms with Crippen LogP contribution in [0.5, 0.6) is 5.75 Å². The third-order valence-corrected chi connectivity index (χ3v) is 4.79. The van der Waals surface area contributed by atoms with Crippen molar-refractivity contribution in [2.45, 2.75) is 39.0 Å². The lowest BCUT2D eigenvalue weighted by atomic mass is 10.1. The number of ketones is 1. The number of fused-ring (bicyclic) bond motifs is 1. The summed E-state index contributed by atoms with van der Waals surface area (Å²) in [6.07, 6.45) is 3.20. The van der Waals surface area contributed by atoms with Crippen LogP contribution in [0, 0.1) is 0 Å². The van der Waals surface area contributed by atoms with Gasteiger partial charge >= 0.3 is 5.97 Å². The number of hydrogen-bond acceptors (Lipinski definition) is 5. The number of anilines is 1. The van der Waals surface area contributed by atoms with Crippen molar-refractivity contribution in [2.24, 2.45) is 0 Å². The standard InChI is InChI=1S/C23H25NO5/c1-2-28-20-10-7-17(8-11-20)21(25)12-13-23(27)29-15-22(26)24-19-9-6-16-4-3-5-18(16)14-19/h6-11,14H,2-5,12-13,15H2,1H3,(H,24,26). The molecule has 6 nitrogen and oxygen atoms in total. The average Bonchev–Trinajstić information content (AvgIpc) is 3.19. The highest BCUT2D eigenvalue weighted by molar-refractivity contribution is 5.98. The van der Waals surface area contributed by atoms with Gasteiger partial charge in [0.05, 0.1) is 13.0 Å². The maximum absolute atomic E-state index is 12.2. The van der Waals surface area contributed by atoms with Crippen molar-refractivity contribution in [3.8, 4) is 5.75 Å². The molecule has 0 radical (unpaired) electrons. The molecule has 0 heterocycles. The lowest BCUT2D eigenvalue weighted by molar-refractivity contribution is -0.147. The second-order valence-electron chi connectivity index (χ2n) is 6.93. The molecule has 0 bridgehead atoms. The molecule has 0 aromatic heterocycles. The predicted octanol–water partition coefficient (Wildman–Crippen LogP) is 3.72. The first-order valence-corrected chi connectivity index (χ1v) is 9.88. The number of aryl methyl sites for hydroxylation is 2. The Morgan fingerprint density at radius 1 is 0.966 bits per heavy atom. The van der Waals surface area contributed by atoms with Crippen LogP contribution < -0.4 is 10.1 Å². The summed E-state index contributed by atoms with van der Waals surface area (Å²) in [6.45, 7) is 2.07. The fourth-order valence-corrected chi connectivity index (χ4v) is 3.33. The number of benzene rings is 2. The molecule has 0 unspecified atom stereocenters. The van der Waals surface area contributed by atoms with Gasteiger partial charge in [0, 0.05) is 17.7 Å². The van der Waals surface area contributed by atoms with Crippen molar-refractivity contribution in [1.82, 2.24) is 0 Å². The number of rotatable bonds is 9. The highest BCUT2D eigenvalue weighted by Crippen LogP contribution is 2.24. The highest BCUT2D eigenvalue weighted by Gasteiger charge is 2.14. The monoisotopic (exact) mass is 395 g/mol. The van der Waals surface area contributed by atoms with E-state index in [1.54, 1.807) is 24.3 Å². The van der Waals surface area contributed by atoms with Gasteiger partial charge in [0.25, 0.3) is 5.91 Å². The summed E-state index contributed by atoms with van der Waals surface area (Å²) < 4.78 is 10.3. The van der Waals surface area contributed by atoms with E-state index in [9.17, 15) is 14.4 Å². The number of amides is 1. The first kappa shape index (κ1) is 20.6. The first-order valence-electron chi connectivity index (χ1n) is 9.88. The minimum absolute atomic E-state index is 0.0270. The van der Waals surface area contributed by atoms with Crippen LogP contribution in [-0.4, -0.2) is 30.9 Å². The number of carbonyl (C=O) groups excluding carboxylic acids is 3. The minimum Gasteiger partial charge on any atom is -0.494 e. The SMILES string of the molecule is CCOc1ccc(C(=O)CCC(=O)OCC(=O)Nc2ccc3c(c2)CCC3)cc1. The van der Waals surface area contributed by atoms with Crippen LogP contribution in [0.2, 0.25) is 0 Å². The Labute approximate surface area is 170 Å². The van der Waals surface area contributed by atoms with Gasteiger partial charge in [-0.2, -0.15) is 0 Å². The number of esters is 1. The molecule has 1 aliphatic carbocycles. The fourth-order valence-electron chi connectivity index (χ4n) is 3.33. The molecule has 1 N–H and O–H groups in total. The molecule has 2 aromatic rings. The van der Waals surface area contributed by atoms with Crippen LogP contribution in [0.4, 0.5) is 5.69 Å². The van der Waals surface area contributed by atoms with Gasteiger partial charge in [-0.25, -0.2) is 0 Å². The molecule has 0 fully saturated rings. The van der Waals surface area contributed by atoms with Crippen molar-refractivity contribution in [2.75, 3.05) is 18.5 Å². The van der Waals surface area contributed by atoms with E-state index in [1.165, 1.54) is 11.1 Å². The summed E-state index contributed by atoms with van der Waals surface area (Å²) in [4.78, 5) is 36.0. The normalized spacial score (nSPS) is 12.2. The zero-order valence-electron chi connectivity index (χ0n) is 16.5. The molecule has 0 spiro atoms. The van der Waals surface area contributed by atoms with Crippen molar-refractivity contribution >= 4 is 23.3 Å². The van der Waals surface area contributed by atoms with Gasteiger partial charge in [0.1, 0.15) is 5.75 Å². The van der Waals surface area contributed by atoms with E-state index in [1.807, 2.05) is 25.1 Å². The van der Waals surface area contributed by atoms with E-state index in [0.717, 1.165) is 19.3 Å². The van der Waals surface area contributed by atoms with Crippen LogP contribution in [0.15, 0.2) is 42.5 Å². The van der Waals surface area contributed by atoms with E-state index in [4.69, 9.17) is 9.47 Å². The molecule has 1 aliphatic rings. The summed E-state index contributed by atoms with van der Waals surface area (Å²) >= 11 is 0. The van der Waals surface area contributed by atoms with Crippen molar-refractivity contribution < 1.29 is 23.9 Å². The third-order valence-electron chi connectivity index (χ3n) is 4.79. The maximum Gasteiger partial charge on any atom is 0.306 e. The molecule has 29 heavy (non-hydrogen) atoms. The molecule has 2 aromatic carbocycles.